The van der Waals surface area contributed by atoms with Gasteiger partial charge in [-0.2, -0.15) is 0 Å². The maximum absolute atomic E-state index is 11.6. The zero-order valence-corrected chi connectivity index (χ0v) is 12.2. The average molecular weight is 285 g/mol. The summed E-state index contributed by atoms with van der Waals surface area (Å²) in [5.41, 5.74) is 7.24. The molecule has 0 aliphatic rings. The zero-order chi connectivity index (χ0) is 15.5. The van der Waals surface area contributed by atoms with Crippen molar-refractivity contribution in [3.05, 3.63) is 65.2 Å². The SMILES string of the molecule is Cc1ccc(OCC(N)(C(=O)O)c2ccccc2)cc1C. The Kier molecular flexibility index (Phi) is 4.29. The van der Waals surface area contributed by atoms with E-state index in [0.717, 1.165) is 11.1 Å². The minimum atomic E-state index is -1.57. The summed E-state index contributed by atoms with van der Waals surface area (Å²) in [6.07, 6.45) is 0. The molecule has 3 N–H and O–H groups in total. The molecule has 0 heterocycles. The van der Waals surface area contributed by atoms with Gasteiger partial charge in [-0.3, -0.25) is 0 Å². The van der Waals surface area contributed by atoms with Gasteiger partial charge >= 0.3 is 5.97 Å². The Bertz CT molecular complexity index is 640. The van der Waals surface area contributed by atoms with Crippen LogP contribution >= 0.6 is 0 Å². The van der Waals surface area contributed by atoms with Crippen LogP contribution in [-0.4, -0.2) is 17.7 Å². The molecule has 110 valence electrons. The van der Waals surface area contributed by atoms with Gasteiger partial charge in [-0.15, -0.1) is 0 Å². The van der Waals surface area contributed by atoms with Gasteiger partial charge in [-0.1, -0.05) is 36.4 Å². The van der Waals surface area contributed by atoms with Gasteiger partial charge in [0.1, 0.15) is 12.4 Å². The predicted octanol–water partition coefficient (Wildman–Crippen LogP) is 2.62. The Labute approximate surface area is 124 Å². The van der Waals surface area contributed by atoms with Crippen LogP contribution in [0.1, 0.15) is 16.7 Å². The second kappa shape index (κ2) is 5.97. The van der Waals surface area contributed by atoms with Gasteiger partial charge in [0.2, 0.25) is 0 Å². The standard InChI is InChI=1S/C17H19NO3/c1-12-8-9-15(10-13(12)2)21-11-17(18,16(19)20)14-6-4-3-5-7-14/h3-10H,11,18H2,1-2H3,(H,19,20). The molecule has 2 rings (SSSR count). The second-order valence-corrected chi connectivity index (χ2v) is 5.18. The van der Waals surface area contributed by atoms with Crippen LogP contribution in [0.4, 0.5) is 0 Å². The van der Waals surface area contributed by atoms with Gasteiger partial charge in [0.25, 0.3) is 0 Å². The van der Waals surface area contributed by atoms with E-state index in [-0.39, 0.29) is 6.61 Å². The van der Waals surface area contributed by atoms with E-state index in [1.807, 2.05) is 38.1 Å². The van der Waals surface area contributed by atoms with Gasteiger partial charge in [0.15, 0.2) is 5.54 Å². The molecule has 21 heavy (non-hydrogen) atoms. The van der Waals surface area contributed by atoms with Crippen LogP contribution in [0.2, 0.25) is 0 Å². The Morgan fingerprint density at radius 1 is 1.14 bits per heavy atom. The summed E-state index contributed by atoms with van der Waals surface area (Å²) >= 11 is 0. The van der Waals surface area contributed by atoms with Gasteiger partial charge in [0.05, 0.1) is 0 Å². The fraction of sp³-hybridized carbons (Fsp3) is 0.235. The first-order chi connectivity index (χ1) is 9.93. The van der Waals surface area contributed by atoms with Crippen molar-refractivity contribution in [1.29, 1.82) is 0 Å². The number of aliphatic carboxylic acids is 1. The quantitative estimate of drug-likeness (QED) is 0.885. The van der Waals surface area contributed by atoms with Crippen LogP contribution in [0.15, 0.2) is 48.5 Å². The lowest BCUT2D eigenvalue weighted by Crippen LogP contribution is -2.49. The van der Waals surface area contributed by atoms with Gasteiger partial charge in [-0.25, -0.2) is 4.79 Å². The fourth-order valence-corrected chi connectivity index (χ4v) is 2.00. The minimum absolute atomic E-state index is 0.130. The summed E-state index contributed by atoms with van der Waals surface area (Å²) in [7, 11) is 0. The van der Waals surface area contributed by atoms with E-state index < -0.39 is 11.5 Å². The molecule has 0 aromatic heterocycles. The topological polar surface area (TPSA) is 72.5 Å². The third-order valence-electron chi connectivity index (χ3n) is 3.62. The van der Waals surface area contributed by atoms with Crippen molar-refractivity contribution < 1.29 is 14.6 Å². The number of hydrogen-bond acceptors (Lipinski definition) is 3. The predicted molar refractivity (Wildman–Crippen MR) is 81.4 cm³/mol. The van der Waals surface area contributed by atoms with Gasteiger partial charge in [-0.05, 0) is 42.7 Å². The number of hydrogen-bond donors (Lipinski definition) is 2. The van der Waals surface area contributed by atoms with E-state index in [2.05, 4.69) is 0 Å². The summed E-state index contributed by atoms with van der Waals surface area (Å²) < 4.78 is 5.62. The van der Waals surface area contributed by atoms with Crippen molar-refractivity contribution in [1.82, 2.24) is 0 Å². The van der Waals surface area contributed by atoms with E-state index in [4.69, 9.17) is 10.5 Å². The first kappa shape index (κ1) is 15.1. The van der Waals surface area contributed by atoms with E-state index in [1.54, 1.807) is 24.3 Å². The largest absolute Gasteiger partial charge is 0.491 e. The molecule has 0 radical (unpaired) electrons. The molecular formula is C17H19NO3. The van der Waals surface area contributed by atoms with E-state index >= 15 is 0 Å². The number of rotatable bonds is 5. The number of aryl methyl sites for hydroxylation is 2. The number of nitrogens with two attached hydrogens (primary N) is 1. The Balaban J connectivity index is 2.21. The lowest BCUT2D eigenvalue weighted by Gasteiger charge is -2.25. The number of benzene rings is 2. The molecule has 0 aliphatic carbocycles. The second-order valence-electron chi connectivity index (χ2n) is 5.18. The molecule has 0 amide bonds. The molecule has 1 unspecified atom stereocenters. The molecule has 4 heteroatoms. The maximum Gasteiger partial charge on any atom is 0.331 e. The third kappa shape index (κ3) is 3.23. The van der Waals surface area contributed by atoms with Gasteiger partial charge in [0, 0.05) is 0 Å². The molecule has 4 nitrogen and oxygen atoms in total. The summed E-state index contributed by atoms with van der Waals surface area (Å²) in [4.78, 5) is 11.6. The summed E-state index contributed by atoms with van der Waals surface area (Å²) in [6.45, 7) is 3.86. The summed E-state index contributed by atoms with van der Waals surface area (Å²) in [6, 6.07) is 14.3. The number of ether oxygens (including phenoxy) is 1. The minimum Gasteiger partial charge on any atom is -0.491 e. The summed E-state index contributed by atoms with van der Waals surface area (Å²) in [5, 5.41) is 9.46. The number of carboxylic acids is 1. The molecule has 0 spiro atoms. The maximum atomic E-state index is 11.6. The first-order valence-corrected chi connectivity index (χ1v) is 6.71. The lowest BCUT2D eigenvalue weighted by molar-refractivity contribution is -0.145. The van der Waals surface area contributed by atoms with E-state index in [9.17, 15) is 9.90 Å². The van der Waals surface area contributed by atoms with E-state index in [1.165, 1.54) is 0 Å². The normalized spacial score (nSPS) is 13.5. The summed E-state index contributed by atoms with van der Waals surface area (Å²) in [5.74, 6) is -0.498. The molecule has 0 saturated carbocycles. The van der Waals surface area contributed by atoms with Crippen LogP contribution < -0.4 is 10.5 Å². The molecule has 0 fully saturated rings. The Morgan fingerprint density at radius 2 is 1.81 bits per heavy atom. The smallest absolute Gasteiger partial charge is 0.331 e. The highest BCUT2D eigenvalue weighted by molar-refractivity contribution is 5.80. The Hall–Kier alpha value is -2.33. The highest BCUT2D eigenvalue weighted by Crippen LogP contribution is 2.22. The van der Waals surface area contributed by atoms with Gasteiger partial charge < -0.3 is 15.6 Å². The molecule has 0 aliphatic heterocycles. The monoisotopic (exact) mass is 285 g/mol. The van der Waals surface area contributed by atoms with Crippen LogP contribution in [-0.2, 0) is 10.3 Å². The highest BCUT2D eigenvalue weighted by atomic mass is 16.5. The molecule has 0 saturated heterocycles. The molecule has 0 bridgehead atoms. The van der Waals surface area contributed by atoms with Crippen molar-refractivity contribution in [3.8, 4) is 5.75 Å². The first-order valence-electron chi connectivity index (χ1n) is 6.71. The number of carboxylic acid groups (broad SMARTS) is 1. The highest BCUT2D eigenvalue weighted by Gasteiger charge is 2.37. The zero-order valence-electron chi connectivity index (χ0n) is 12.2. The average Bonchev–Trinajstić information content (AvgIpc) is 2.49. The van der Waals surface area contributed by atoms with Crippen molar-refractivity contribution in [2.24, 2.45) is 5.73 Å². The van der Waals surface area contributed by atoms with Crippen LogP contribution in [0, 0.1) is 13.8 Å². The van der Waals surface area contributed by atoms with Crippen LogP contribution in [0.25, 0.3) is 0 Å². The fourth-order valence-electron chi connectivity index (χ4n) is 2.00. The third-order valence-corrected chi connectivity index (χ3v) is 3.62. The molecule has 2 aromatic rings. The molecule has 1 atom stereocenters. The van der Waals surface area contributed by atoms with E-state index in [0.29, 0.717) is 11.3 Å². The number of carbonyl (C=O) groups is 1. The Morgan fingerprint density at radius 3 is 2.38 bits per heavy atom. The van der Waals surface area contributed by atoms with Crippen molar-refractivity contribution in [2.45, 2.75) is 19.4 Å². The molecular weight excluding hydrogens is 266 g/mol. The van der Waals surface area contributed by atoms with Crippen molar-refractivity contribution in [3.63, 3.8) is 0 Å². The van der Waals surface area contributed by atoms with Crippen molar-refractivity contribution >= 4 is 5.97 Å². The lowest BCUT2D eigenvalue weighted by atomic mass is 9.92. The molecule has 2 aromatic carbocycles. The van der Waals surface area contributed by atoms with Crippen LogP contribution in [0.3, 0.4) is 0 Å². The van der Waals surface area contributed by atoms with Crippen molar-refractivity contribution in [2.75, 3.05) is 6.61 Å². The van der Waals surface area contributed by atoms with Crippen LogP contribution in [0.5, 0.6) is 5.75 Å².